The first-order chi connectivity index (χ1) is 12.6. The molecule has 4 N–H and O–H groups in total. The smallest absolute Gasteiger partial charge is 0.320 e. The van der Waals surface area contributed by atoms with E-state index in [0.717, 1.165) is 10.9 Å². The Morgan fingerprint density at radius 1 is 1.35 bits per heavy atom. The van der Waals surface area contributed by atoms with Gasteiger partial charge in [0.2, 0.25) is 5.88 Å². The van der Waals surface area contributed by atoms with Crippen LogP contribution in [0, 0.1) is 0 Å². The summed E-state index contributed by atoms with van der Waals surface area (Å²) < 4.78 is 5.12. The normalized spacial score (nSPS) is 16.1. The largest absolute Gasteiger partial charge is 0.479 e. The van der Waals surface area contributed by atoms with Crippen molar-refractivity contribution in [3.8, 4) is 5.88 Å². The molecule has 0 aliphatic heterocycles. The molecular formula is C18H19N5O3. The van der Waals surface area contributed by atoms with Crippen molar-refractivity contribution in [2.24, 2.45) is 0 Å². The lowest BCUT2D eigenvalue weighted by Gasteiger charge is -2.24. The zero-order chi connectivity index (χ0) is 18.1. The number of nitrogens with one attached hydrogen (secondary N) is 3. The molecular weight excluding hydrogens is 334 g/mol. The fourth-order valence-corrected chi connectivity index (χ4v) is 2.99. The summed E-state index contributed by atoms with van der Waals surface area (Å²) in [5.41, 5.74) is 0.671. The average Bonchev–Trinajstić information content (AvgIpc) is 3.27. The standard InChI is InChI=1S/C18H19N5O3/c1-26-16-12-10-19-14(9-13(12)22-23-16)20-17(24)21-15(18(25)7-8-18)11-5-3-2-4-6-11/h2-6,9-10,15,25H,7-8H2,1H3,(H,22,23)(H2,19,20,21,24)/t15-/m0/s1. The Balaban J connectivity index is 1.50. The molecule has 1 aliphatic carbocycles. The first-order valence-corrected chi connectivity index (χ1v) is 8.32. The summed E-state index contributed by atoms with van der Waals surface area (Å²) in [5, 5.41) is 23.7. The van der Waals surface area contributed by atoms with Gasteiger partial charge in [-0.15, -0.1) is 5.10 Å². The van der Waals surface area contributed by atoms with Crippen LogP contribution in [0.3, 0.4) is 0 Å². The number of urea groups is 1. The molecule has 0 unspecified atom stereocenters. The van der Waals surface area contributed by atoms with E-state index >= 15 is 0 Å². The van der Waals surface area contributed by atoms with Gasteiger partial charge in [-0.05, 0) is 18.4 Å². The van der Waals surface area contributed by atoms with E-state index in [4.69, 9.17) is 4.74 Å². The monoisotopic (exact) mass is 353 g/mol. The van der Waals surface area contributed by atoms with E-state index in [1.807, 2.05) is 30.3 Å². The van der Waals surface area contributed by atoms with Crippen LogP contribution in [0.2, 0.25) is 0 Å². The number of hydrogen-bond donors (Lipinski definition) is 4. The molecule has 0 radical (unpaired) electrons. The summed E-state index contributed by atoms with van der Waals surface area (Å²) in [5.74, 6) is 0.819. The summed E-state index contributed by atoms with van der Waals surface area (Å²) in [6, 6.07) is 10.2. The summed E-state index contributed by atoms with van der Waals surface area (Å²) in [4.78, 5) is 16.7. The second-order valence-electron chi connectivity index (χ2n) is 6.39. The number of pyridine rings is 1. The molecule has 1 fully saturated rings. The van der Waals surface area contributed by atoms with Gasteiger partial charge < -0.3 is 15.2 Å². The number of aromatic nitrogens is 3. The van der Waals surface area contributed by atoms with E-state index in [1.165, 1.54) is 7.11 Å². The minimum atomic E-state index is -0.896. The molecule has 4 rings (SSSR count). The van der Waals surface area contributed by atoms with Gasteiger partial charge >= 0.3 is 6.03 Å². The van der Waals surface area contributed by atoms with Crippen LogP contribution >= 0.6 is 0 Å². The van der Waals surface area contributed by atoms with Crippen molar-refractivity contribution in [1.29, 1.82) is 0 Å². The fourth-order valence-electron chi connectivity index (χ4n) is 2.99. The molecule has 3 aromatic rings. The summed E-state index contributed by atoms with van der Waals surface area (Å²) >= 11 is 0. The minimum absolute atomic E-state index is 0.371. The minimum Gasteiger partial charge on any atom is -0.479 e. The number of methoxy groups -OCH3 is 1. The van der Waals surface area contributed by atoms with Crippen molar-refractivity contribution in [2.45, 2.75) is 24.5 Å². The summed E-state index contributed by atoms with van der Waals surface area (Å²) in [7, 11) is 1.53. The highest BCUT2D eigenvalue weighted by Crippen LogP contribution is 2.45. The lowest BCUT2D eigenvalue weighted by molar-refractivity contribution is 0.106. The maximum atomic E-state index is 12.4. The van der Waals surface area contributed by atoms with Gasteiger partial charge in [0.15, 0.2) is 0 Å². The molecule has 26 heavy (non-hydrogen) atoms. The fraction of sp³-hybridized carbons (Fsp3) is 0.278. The topological polar surface area (TPSA) is 112 Å². The third-order valence-electron chi connectivity index (χ3n) is 4.56. The number of carbonyl (C=O) groups is 1. The van der Waals surface area contributed by atoms with Gasteiger partial charge in [-0.1, -0.05) is 30.3 Å². The number of hydrogen-bond acceptors (Lipinski definition) is 5. The number of carbonyl (C=O) groups excluding carboxylic acids is 1. The number of benzene rings is 1. The number of H-pyrrole nitrogens is 1. The molecule has 2 aromatic heterocycles. The number of aromatic amines is 1. The van der Waals surface area contributed by atoms with Gasteiger partial charge in [-0.2, -0.15) is 0 Å². The van der Waals surface area contributed by atoms with Crippen LogP contribution in [-0.4, -0.2) is 39.0 Å². The molecule has 1 aromatic carbocycles. The molecule has 0 saturated heterocycles. The van der Waals surface area contributed by atoms with Crippen LogP contribution in [0.4, 0.5) is 10.6 Å². The zero-order valence-corrected chi connectivity index (χ0v) is 14.2. The van der Waals surface area contributed by atoms with E-state index < -0.39 is 17.7 Å². The third-order valence-corrected chi connectivity index (χ3v) is 4.56. The third kappa shape index (κ3) is 3.06. The SMILES string of the molecule is COc1n[nH]c2cc(NC(=O)N[C@@H](c3ccccc3)C3(O)CC3)ncc12. The van der Waals surface area contributed by atoms with E-state index in [1.54, 1.807) is 12.3 Å². The number of ether oxygens (including phenoxy) is 1. The lowest BCUT2D eigenvalue weighted by atomic mass is 10.00. The lowest BCUT2D eigenvalue weighted by Crippen LogP contribution is -2.40. The van der Waals surface area contributed by atoms with Crippen molar-refractivity contribution in [3.05, 3.63) is 48.2 Å². The van der Waals surface area contributed by atoms with E-state index in [9.17, 15) is 9.90 Å². The molecule has 1 atom stereocenters. The van der Waals surface area contributed by atoms with Gasteiger partial charge in [-0.3, -0.25) is 10.4 Å². The predicted molar refractivity (Wildman–Crippen MR) is 96.0 cm³/mol. The molecule has 2 heterocycles. The Kier molecular flexibility index (Phi) is 3.96. The number of anilines is 1. The van der Waals surface area contributed by atoms with E-state index in [-0.39, 0.29) is 0 Å². The second-order valence-corrected chi connectivity index (χ2v) is 6.39. The zero-order valence-electron chi connectivity index (χ0n) is 14.2. The highest BCUT2D eigenvalue weighted by molar-refractivity contribution is 5.92. The van der Waals surface area contributed by atoms with Gasteiger partial charge in [0.05, 0.1) is 29.7 Å². The molecule has 1 saturated carbocycles. The molecule has 8 nitrogen and oxygen atoms in total. The number of fused-ring (bicyclic) bond motifs is 1. The molecule has 0 spiro atoms. The molecule has 134 valence electrons. The highest BCUT2D eigenvalue weighted by atomic mass is 16.5. The highest BCUT2D eigenvalue weighted by Gasteiger charge is 2.49. The Hall–Kier alpha value is -3.13. The van der Waals surface area contributed by atoms with Crippen LogP contribution in [-0.2, 0) is 0 Å². The number of aliphatic hydroxyl groups is 1. The van der Waals surface area contributed by atoms with Gasteiger partial charge in [0.25, 0.3) is 0 Å². The first-order valence-electron chi connectivity index (χ1n) is 8.32. The van der Waals surface area contributed by atoms with Crippen molar-refractivity contribution >= 4 is 22.8 Å². The van der Waals surface area contributed by atoms with Crippen LogP contribution in [0.1, 0.15) is 24.4 Å². The van der Waals surface area contributed by atoms with Gasteiger partial charge in [0.1, 0.15) is 5.82 Å². The molecule has 2 amide bonds. The van der Waals surface area contributed by atoms with Crippen molar-refractivity contribution in [2.75, 3.05) is 12.4 Å². The number of rotatable bonds is 5. The quantitative estimate of drug-likeness (QED) is 0.562. The Morgan fingerprint density at radius 2 is 2.12 bits per heavy atom. The number of amides is 2. The summed E-state index contributed by atoms with van der Waals surface area (Å²) in [6.45, 7) is 0. The maximum Gasteiger partial charge on any atom is 0.320 e. The Labute approximate surface area is 149 Å². The Bertz CT molecular complexity index is 936. The van der Waals surface area contributed by atoms with Crippen molar-refractivity contribution in [1.82, 2.24) is 20.5 Å². The summed E-state index contributed by atoms with van der Waals surface area (Å²) in [6.07, 6.45) is 2.90. The Morgan fingerprint density at radius 3 is 2.81 bits per heavy atom. The van der Waals surface area contributed by atoms with Gasteiger partial charge in [-0.25, -0.2) is 9.78 Å². The molecule has 1 aliphatic rings. The average molecular weight is 353 g/mol. The first kappa shape index (κ1) is 16.3. The molecule has 0 bridgehead atoms. The van der Waals surface area contributed by atoms with E-state index in [2.05, 4.69) is 25.8 Å². The molecule has 8 heteroatoms. The van der Waals surface area contributed by atoms with Crippen molar-refractivity contribution < 1.29 is 14.6 Å². The maximum absolute atomic E-state index is 12.4. The van der Waals surface area contributed by atoms with Crippen LogP contribution in [0.25, 0.3) is 10.9 Å². The van der Waals surface area contributed by atoms with Crippen molar-refractivity contribution in [3.63, 3.8) is 0 Å². The van der Waals surface area contributed by atoms with E-state index in [0.29, 0.717) is 30.1 Å². The van der Waals surface area contributed by atoms with Crippen LogP contribution in [0.15, 0.2) is 42.6 Å². The van der Waals surface area contributed by atoms with Crippen LogP contribution in [0.5, 0.6) is 5.88 Å². The second kappa shape index (κ2) is 6.30. The van der Waals surface area contributed by atoms with Crippen LogP contribution < -0.4 is 15.4 Å². The number of nitrogens with zero attached hydrogens (tertiary/aromatic N) is 2. The van der Waals surface area contributed by atoms with Gasteiger partial charge in [0, 0.05) is 12.3 Å². The predicted octanol–water partition coefficient (Wildman–Crippen LogP) is 2.35.